The molecule has 1 aliphatic rings. The third-order valence-electron chi connectivity index (χ3n) is 2.61. The molecular formula is C12H23NS. The Labute approximate surface area is 92.8 Å². The van der Waals surface area contributed by atoms with E-state index in [0.29, 0.717) is 0 Å². The van der Waals surface area contributed by atoms with Crippen molar-refractivity contribution in [2.75, 3.05) is 5.75 Å². The molecule has 0 aromatic rings. The summed E-state index contributed by atoms with van der Waals surface area (Å²) in [6, 6.07) is 0. The van der Waals surface area contributed by atoms with E-state index >= 15 is 0 Å². The Morgan fingerprint density at radius 3 is 2.21 bits per heavy atom. The van der Waals surface area contributed by atoms with Crippen LogP contribution in [0.4, 0.5) is 0 Å². The molecule has 1 heterocycles. The molecule has 0 N–H and O–H groups in total. The van der Waals surface area contributed by atoms with Gasteiger partial charge in [-0.2, -0.15) is 0 Å². The summed E-state index contributed by atoms with van der Waals surface area (Å²) in [6.45, 7) is 9.02. The molecule has 0 saturated heterocycles. The smallest absolute Gasteiger partial charge is 0.0714 e. The van der Waals surface area contributed by atoms with Gasteiger partial charge in [0.15, 0.2) is 0 Å². The van der Waals surface area contributed by atoms with E-state index in [4.69, 9.17) is 4.99 Å². The molecule has 0 atom stereocenters. The van der Waals surface area contributed by atoms with Crippen LogP contribution in [0.3, 0.4) is 0 Å². The SMILES string of the molecule is CCCC(CCC)C1=NC(C)(C)CS1. The van der Waals surface area contributed by atoms with Crippen molar-refractivity contribution < 1.29 is 0 Å². The van der Waals surface area contributed by atoms with E-state index in [0.717, 1.165) is 5.92 Å². The lowest BCUT2D eigenvalue weighted by Gasteiger charge is -2.14. The molecule has 0 radical (unpaired) electrons. The second-order valence-electron chi connectivity index (χ2n) is 4.83. The monoisotopic (exact) mass is 213 g/mol. The van der Waals surface area contributed by atoms with E-state index in [1.807, 2.05) is 11.8 Å². The van der Waals surface area contributed by atoms with Crippen LogP contribution in [-0.2, 0) is 0 Å². The molecule has 2 heteroatoms. The van der Waals surface area contributed by atoms with Crippen molar-refractivity contribution in [3.8, 4) is 0 Å². The molecule has 0 aromatic carbocycles. The van der Waals surface area contributed by atoms with Gasteiger partial charge in [-0.25, -0.2) is 0 Å². The summed E-state index contributed by atoms with van der Waals surface area (Å²) in [4.78, 5) is 4.84. The standard InChI is InChI=1S/C12H23NS/c1-5-7-10(8-6-2)11-13-12(3,4)9-14-11/h10H,5-9H2,1-4H3. The van der Waals surface area contributed by atoms with E-state index < -0.39 is 0 Å². The van der Waals surface area contributed by atoms with Crippen molar-refractivity contribution in [1.82, 2.24) is 0 Å². The fourth-order valence-electron chi connectivity index (χ4n) is 1.91. The molecular weight excluding hydrogens is 190 g/mol. The largest absolute Gasteiger partial charge is 0.276 e. The van der Waals surface area contributed by atoms with Crippen molar-refractivity contribution in [3.63, 3.8) is 0 Å². The molecule has 1 nitrogen and oxygen atoms in total. The fourth-order valence-corrected chi connectivity index (χ4v) is 3.26. The predicted molar refractivity (Wildman–Crippen MR) is 67.3 cm³/mol. The summed E-state index contributed by atoms with van der Waals surface area (Å²) in [5.74, 6) is 1.92. The Morgan fingerprint density at radius 2 is 1.86 bits per heavy atom. The lowest BCUT2D eigenvalue weighted by atomic mass is 9.99. The number of hydrogen-bond donors (Lipinski definition) is 0. The molecule has 0 aliphatic carbocycles. The maximum Gasteiger partial charge on any atom is 0.0714 e. The number of rotatable bonds is 5. The van der Waals surface area contributed by atoms with Gasteiger partial charge < -0.3 is 0 Å². The molecule has 0 saturated carbocycles. The highest BCUT2D eigenvalue weighted by Crippen LogP contribution is 2.33. The molecule has 0 aromatic heterocycles. The highest BCUT2D eigenvalue weighted by Gasteiger charge is 2.28. The van der Waals surface area contributed by atoms with Crippen molar-refractivity contribution in [2.45, 2.75) is 58.9 Å². The number of nitrogens with zero attached hydrogens (tertiary/aromatic N) is 1. The van der Waals surface area contributed by atoms with Gasteiger partial charge >= 0.3 is 0 Å². The molecule has 0 fully saturated rings. The van der Waals surface area contributed by atoms with Crippen molar-refractivity contribution in [1.29, 1.82) is 0 Å². The lowest BCUT2D eigenvalue weighted by Crippen LogP contribution is -2.15. The summed E-state index contributed by atoms with van der Waals surface area (Å²) in [6.07, 6.45) is 5.20. The van der Waals surface area contributed by atoms with Gasteiger partial charge in [-0.05, 0) is 26.7 Å². The van der Waals surface area contributed by atoms with Gasteiger partial charge in [0.25, 0.3) is 0 Å². The van der Waals surface area contributed by atoms with E-state index in [-0.39, 0.29) is 5.54 Å². The Bertz CT molecular complexity index is 202. The highest BCUT2D eigenvalue weighted by molar-refractivity contribution is 8.14. The minimum Gasteiger partial charge on any atom is -0.276 e. The van der Waals surface area contributed by atoms with E-state index in [9.17, 15) is 0 Å². The van der Waals surface area contributed by atoms with Crippen LogP contribution < -0.4 is 0 Å². The van der Waals surface area contributed by atoms with Crippen LogP contribution in [0.2, 0.25) is 0 Å². The lowest BCUT2D eigenvalue weighted by molar-refractivity contribution is 0.550. The molecule has 82 valence electrons. The van der Waals surface area contributed by atoms with Gasteiger partial charge in [0.05, 0.1) is 10.6 Å². The van der Waals surface area contributed by atoms with E-state index in [1.54, 1.807) is 0 Å². The van der Waals surface area contributed by atoms with Gasteiger partial charge in [0.2, 0.25) is 0 Å². The minimum atomic E-state index is 0.194. The van der Waals surface area contributed by atoms with Gasteiger partial charge in [-0.3, -0.25) is 4.99 Å². The zero-order chi connectivity index (χ0) is 10.6. The van der Waals surface area contributed by atoms with E-state index in [2.05, 4.69) is 27.7 Å². The fraction of sp³-hybridized carbons (Fsp3) is 0.917. The van der Waals surface area contributed by atoms with Crippen LogP contribution >= 0.6 is 11.8 Å². The zero-order valence-electron chi connectivity index (χ0n) is 9.97. The Balaban J connectivity index is 2.60. The van der Waals surface area contributed by atoms with Gasteiger partial charge in [0, 0.05) is 11.7 Å². The number of hydrogen-bond acceptors (Lipinski definition) is 2. The van der Waals surface area contributed by atoms with Crippen LogP contribution in [0.25, 0.3) is 0 Å². The maximum atomic E-state index is 4.84. The molecule has 14 heavy (non-hydrogen) atoms. The summed E-state index contributed by atoms with van der Waals surface area (Å²) in [7, 11) is 0. The average Bonchev–Trinajstić information content (AvgIpc) is 2.46. The summed E-state index contributed by atoms with van der Waals surface area (Å²) < 4.78 is 0. The predicted octanol–water partition coefficient (Wildman–Crippen LogP) is 4.13. The summed E-state index contributed by atoms with van der Waals surface area (Å²) in [5, 5.41) is 1.43. The number of aliphatic imine (C=N–C) groups is 1. The van der Waals surface area contributed by atoms with Crippen LogP contribution in [0, 0.1) is 5.92 Å². The minimum absolute atomic E-state index is 0.194. The second kappa shape index (κ2) is 5.20. The second-order valence-corrected chi connectivity index (χ2v) is 5.82. The first kappa shape index (κ1) is 12.1. The Kier molecular flexibility index (Phi) is 4.49. The summed E-state index contributed by atoms with van der Waals surface area (Å²) in [5.41, 5.74) is 0.194. The topological polar surface area (TPSA) is 12.4 Å². The van der Waals surface area contributed by atoms with Crippen LogP contribution in [0.15, 0.2) is 4.99 Å². The van der Waals surface area contributed by atoms with Crippen LogP contribution in [0.5, 0.6) is 0 Å². The van der Waals surface area contributed by atoms with Crippen LogP contribution in [0.1, 0.15) is 53.4 Å². The first-order valence-corrected chi connectivity index (χ1v) is 6.80. The number of thioether (sulfide) groups is 1. The van der Waals surface area contributed by atoms with E-state index in [1.165, 1.54) is 36.5 Å². The first-order chi connectivity index (χ1) is 6.59. The molecule has 0 unspecified atom stereocenters. The summed E-state index contributed by atoms with van der Waals surface area (Å²) >= 11 is 1.99. The molecule has 0 spiro atoms. The normalized spacial score (nSPS) is 20.2. The zero-order valence-corrected chi connectivity index (χ0v) is 10.8. The van der Waals surface area contributed by atoms with Gasteiger partial charge in [-0.15, -0.1) is 11.8 Å². The van der Waals surface area contributed by atoms with Crippen LogP contribution in [-0.4, -0.2) is 16.3 Å². The Hall–Kier alpha value is 0.0200. The molecule has 1 aliphatic heterocycles. The first-order valence-electron chi connectivity index (χ1n) is 5.81. The quantitative estimate of drug-likeness (QED) is 0.669. The average molecular weight is 213 g/mol. The van der Waals surface area contributed by atoms with Gasteiger partial charge in [-0.1, -0.05) is 26.7 Å². The van der Waals surface area contributed by atoms with Crippen molar-refractivity contribution in [3.05, 3.63) is 0 Å². The molecule has 1 rings (SSSR count). The highest BCUT2D eigenvalue weighted by atomic mass is 32.2. The maximum absolute atomic E-state index is 4.84. The van der Waals surface area contributed by atoms with Gasteiger partial charge in [0.1, 0.15) is 0 Å². The Morgan fingerprint density at radius 1 is 1.29 bits per heavy atom. The van der Waals surface area contributed by atoms with Crippen molar-refractivity contribution >= 4 is 16.8 Å². The molecule has 0 amide bonds. The third kappa shape index (κ3) is 3.30. The van der Waals surface area contributed by atoms with Crippen molar-refractivity contribution in [2.24, 2.45) is 10.9 Å². The molecule has 0 bridgehead atoms. The third-order valence-corrected chi connectivity index (χ3v) is 4.18.